The summed E-state index contributed by atoms with van der Waals surface area (Å²) in [5, 5.41) is 0. The monoisotopic (exact) mass is 590 g/mol. The average molecular weight is 592 g/mol. The van der Waals surface area contributed by atoms with Gasteiger partial charge in [0.15, 0.2) is 0 Å². The second-order valence-electron chi connectivity index (χ2n) is 10.0. The molecule has 0 amide bonds. The third-order valence-electron chi connectivity index (χ3n) is 1.93. The second-order valence-corrected chi connectivity index (χ2v) is 20.0. The van der Waals surface area contributed by atoms with Crippen molar-refractivity contribution in [2.24, 2.45) is 0 Å². The molecule has 0 aliphatic heterocycles. The van der Waals surface area contributed by atoms with Gasteiger partial charge in [0, 0.05) is 35.5 Å². The molecule has 0 aliphatic carbocycles. The molecule has 0 unspecified atom stereocenters. The molecule has 0 spiro atoms. The maximum atomic E-state index is 5.29. The van der Waals surface area contributed by atoms with Crippen LogP contribution in [0.2, 0.25) is 0 Å². The molecule has 0 N–H and O–H groups in total. The van der Waals surface area contributed by atoms with E-state index in [1.54, 1.807) is 47.0 Å². The topological polar surface area (TPSA) is 0 Å². The third kappa shape index (κ3) is 26.4. The fraction of sp³-hybridized carbons (Fsp3) is 0.800. The van der Waals surface area contributed by atoms with Crippen LogP contribution in [0.15, 0.2) is 16.9 Å². The zero-order chi connectivity index (χ0) is 23.1. The van der Waals surface area contributed by atoms with E-state index in [-0.39, 0.29) is 35.5 Å². The van der Waals surface area contributed by atoms with E-state index >= 15 is 0 Å². The van der Waals surface area contributed by atoms with Gasteiger partial charge in [-0.15, -0.1) is 0 Å². The van der Waals surface area contributed by atoms with E-state index in [9.17, 15) is 0 Å². The summed E-state index contributed by atoms with van der Waals surface area (Å²) in [6.07, 6.45) is 0. The van der Waals surface area contributed by atoms with Crippen LogP contribution >= 0.6 is 47.0 Å². The molecule has 0 aliphatic rings. The summed E-state index contributed by atoms with van der Waals surface area (Å²) in [5.41, 5.74) is 0. The van der Waals surface area contributed by atoms with Gasteiger partial charge in [0.2, 0.25) is 0 Å². The van der Waals surface area contributed by atoms with Crippen LogP contribution in [-0.2, 0) is 67.0 Å². The number of thioether (sulfide) groups is 4. The molecule has 0 bridgehead atoms. The predicted octanol–water partition coefficient (Wildman–Crippen LogP) is 8.54. The van der Waals surface area contributed by atoms with Crippen molar-refractivity contribution in [3.8, 4) is 0 Å². The van der Waals surface area contributed by atoms with Crippen LogP contribution in [-0.4, -0.2) is 19.0 Å². The van der Waals surface area contributed by atoms with E-state index in [1.165, 1.54) is 0 Å². The molecule has 0 nitrogen and oxygen atoms in total. The van der Waals surface area contributed by atoms with Gasteiger partial charge in [-0.05, 0) is 0 Å². The van der Waals surface area contributed by atoms with Crippen LogP contribution in [0, 0.1) is 0 Å². The van der Waals surface area contributed by atoms with Gasteiger partial charge in [-0.25, -0.2) is 0 Å². The van der Waals surface area contributed by atoms with Crippen molar-refractivity contribution in [1.82, 2.24) is 0 Å². The van der Waals surface area contributed by atoms with Gasteiger partial charge in [-0.2, -0.15) is 64.0 Å². The van der Waals surface area contributed by atoms with Crippen molar-refractivity contribution in [3.05, 3.63) is 16.9 Å². The summed E-state index contributed by atoms with van der Waals surface area (Å²) in [5.74, 6) is 0. The van der Waals surface area contributed by atoms with E-state index < -0.39 is 0 Å². The Morgan fingerprint density at radius 3 is 0.552 bits per heavy atom. The molecule has 0 saturated carbocycles. The first-order chi connectivity index (χ1) is 12.0. The first-order valence-electron chi connectivity index (χ1n) is 8.95. The van der Waals surface area contributed by atoms with Gasteiger partial charge >= 0.3 is 0 Å². The van der Waals surface area contributed by atoms with E-state index in [4.69, 9.17) is 50.5 Å². The molecule has 0 heterocycles. The summed E-state index contributed by atoms with van der Waals surface area (Å²) in [7, 11) is 0. The van der Waals surface area contributed by atoms with E-state index in [2.05, 4.69) is 83.1 Å². The predicted molar refractivity (Wildman–Crippen MR) is 153 cm³/mol. The number of hydrogen-bond donors (Lipinski definition) is 0. The van der Waals surface area contributed by atoms with Crippen LogP contribution in [0.3, 0.4) is 0 Å². The molecule has 0 aromatic rings. The molecule has 0 radical (unpaired) electrons. The van der Waals surface area contributed by atoms with Crippen LogP contribution < -0.4 is 0 Å². The Morgan fingerprint density at radius 1 is 0.379 bits per heavy atom. The Hall–Kier alpha value is 2.25. The van der Waals surface area contributed by atoms with Gasteiger partial charge in [0.25, 0.3) is 0 Å². The molecular weight excluding hydrogens is 555 g/mol. The van der Waals surface area contributed by atoms with Gasteiger partial charge in [-0.3, -0.25) is 0 Å². The van der Waals surface area contributed by atoms with Crippen LogP contribution in [0.1, 0.15) is 83.1 Å². The molecule has 0 fully saturated rings. The summed E-state index contributed by atoms with van der Waals surface area (Å²) < 4.78 is 4.03. The van der Waals surface area contributed by atoms with Gasteiger partial charge in [0.1, 0.15) is 0 Å². The zero-order valence-corrected chi connectivity index (χ0v) is 27.1. The van der Waals surface area contributed by atoms with Crippen molar-refractivity contribution in [2.45, 2.75) is 102 Å². The maximum Gasteiger partial charge on any atom is 0.0101 e. The van der Waals surface area contributed by atoms with Crippen molar-refractivity contribution >= 4 is 97.6 Å². The molecule has 0 rings (SSSR count). The molecule has 29 heavy (non-hydrogen) atoms. The van der Waals surface area contributed by atoms with E-state index in [0.717, 1.165) is 16.9 Å². The Balaban J connectivity index is -0.000000451. The minimum Gasteiger partial charge on any atom is -0.774 e. The molecule has 0 aromatic heterocycles. The largest absolute Gasteiger partial charge is 0.774 e. The SMILES string of the molecule is CC(C)(C)S/C([S-])=C(/[S-])SC(C)(C)C.CC(C)(C)S/C([S-])=C(/[S-])SC(C)(C)C.[Ni]. The summed E-state index contributed by atoms with van der Waals surface area (Å²) in [6, 6.07) is 0. The smallest absolute Gasteiger partial charge is 0.0101 e. The molecule has 0 saturated heterocycles. The summed E-state index contributed by atoms with van der Waals surface area (Å²) in [6.45, 7) is 25.8. The standard InChI is InChI=1S/2C10H20S4.Ni/c2*1-9(2,3)13-7(11)8(12)14-10(4,5)6;/h2*11-12H,1-6H3;/p-4/b2*8-7-;. The van der Waals surface area contributed by atoms with Crippen LogP contribution in [0.5, 0.6) is 0 Å². The Labute approximate surface area is 230 Å². The molecule has 0 atom stereocenters. The van der Waals surface area contributed by atoms with Crippen molar-refractivity contribution in [3.63, 3.8) is 0 Å². The Kier molecular flexibility index (Phi) is 17.9. The number of hydrogen-bond acceptors (Lipinski definition) is 8. The third-order valence-corrected chi connectivity index (χ3v) is 8.79. The minimum atomic E-state index is 0. The Morgan fingerprint density at radius 2 is 0.483 bits per heavy atom. The van der Waals surface area contributed by atoms with E-state index in [1.807, 2.05) is 0 Å². The fourth-order valence-electron chi connectivity index (χ4n) is 1.28. The molecule has 0 aromatic carbocycles. The first-order valence-corrected chi connectivity index (χ1v) is 13.8. The maximum absolute atomic E-state index is 5.29. The van der Waals surface area contributed by atoms with Gasteiger partial charge < -0.3 is 50.5 Å². The molecular formula is C20H36NiS8-4. The number of rotatable bonds is 4. The normalized spacial score (nSPS) is 14.8. The first kappa shape index (κ1) is 35.8. The molecule has 9 heteroatoms. The van der Waals surface area contributed by atoms with Gasteiger partial charge in [0.05, 0.1) is 0 Å². The quantitative estimate of drug-likeness (QED) is 0.233. The van der Waals surface area contributed by atoms with Crippen molar-refractivity contribution in [1.29, 1.82) is 0 Å². The van der Waals surface area contributed by atoms with Crippen LogP contribution in [0.4, 0.5) is 0 Å². The van der Waals surface area contributed by atoms with Gasteiger partial charge in [-0.1, -0.05) is 83.1 Å². The summed E-state index contributed by atoms with van der Waals surface area (Å²) in [4.78, 5) is 0. The van der Waals surface area contributed by atoms with Crippen molar-refractivity contribution < 1.29 is 16.5 Å². The molecule has 178 valence electrons. The van der Waals surface area contributed by atoms with E-state index in [0.29, 0.717) is 0 Å². The minimum absolute atomic E-state index is 0. The summed E-state index contributed by atoms with van der Waals surface area (Å²) >= 11 is 27.9. The zero-order valence-electron chi connectivity index (χ0n) is 19.6. The Bertz CT molecular complexity index is 443. The van der Waals surface area contributed by atoms with Crippen LogP contribution in [0.25, 0.3) is 0 Å². The van der Waals surface area contributed by atoms with Crippen molar-refractivity contribution in [2.75, 3.05) is 0 Å². The fourth-order valence-corrected chi connectivity index (χ4v) is 7.84. The average Bonchev–Trinajstić information content (AvgIpc) is 2.30. The second kappa shape index (κ2) is 14.5.